The highest BCUT2D eigenvalue weighted by molar-refractivity contribution is 5.94. The minimum absolute atomic E-state index is 0.0349. The Kier molecular flexibility index (Phi) is 5.08. The van der Waals surface area contributed by atoms with Gasteiger partial charge in [0.25, 0.3) is 11.6 Å². The summed E-state index contributed by atoms with van der Waals surface area (Å²) in [6, 6.07) is 13.0. The number of nitro benzene ring substituents is 1. The van der Waals surface area contributed by atoms with Gasteiger partial charge in [0.2, 0.25) is 0 Å². The van der Waals surface area contributed by atoms with Gasteiger partial charge in [-0.05, 0) is 36.8 Å². The normalized spacial score (nSPS) is 10.0. The summed E-state index contributed by atoms with van der Waals surface area (Å²) in [5.74, 6) is 0.465. The summed E-state index contributed by atoms with van der Waals surface area (Å²) in [4.78, 5) is 21.9. The summed E-state index contributed by atoms with van der Waals surface area (Å²) >= 11 is 0. The Labute approximate surface area is 127 Å². The molecule has 0 saturated heterocycles. The first-order chi connectivity index (χ1) is 10.6. The van der Waals surface area contributed by atoms with Crippen molar-refractivity contribution in [2.75, 3.05) is 6.54 Å². The molecule has 0 radical (unpaired) electrons. The van der Waals surface area contributed by atoms with Crippen molar-refractivity contribution in [2.45, 2.75) is 13.5 Å². The highest BCUT2D eigenvalue weighted by atomic mass is 16.6. The van der Waals surface area contributed by atoms with Crippen LogP contribution in [0.25, 0.3) is 0 Å². The van der Waals surface area contributed by atoms with Crippen molar-refractivity contribution >= 4 is 11.6 Å². The topological polar surface area (TPSA) is 81.5 Å². The maximum absolute atomic E-state index is 11.6. The number of carbonyl (C=O) groups is 1. The summed E-state index contributed by atoms with van der Waals surface area (Å²) in [5, 5.41) is 13.4. The largest absolute Gasteiger partial charge is 0.489 e. The molecule has 0 aliphatic rings. The van der Waals surface area contributed by atoms with Crippen LogP contribution >= 0.6 is 0 Å². The Morgan fingerprint density at radius 2 is 1.95 bits per heavy atom. The number of nitrogens with zero attached hydrogens (tertiary/aromatic N) is 1. The minimum Gasteiger partial charge on any atom is -0.489 e. The van der Waals surface area contributed by atoms with Gasteiger partial charge < -0.3 is 10.1 Å². The maximum atomic E-state index is 11.6. The Balaban J connectivity index is 1.98. The van der Waals surface area contributed by atoms with E-state index >= 15 is 0 Å². The quantitative estimate of drug-likeness (QED) is 0.657. The lowest BCUT2D eigenvalue weighted by Gasteiger charge is -2.07. The predicted molar refractivity (Wildman–Crippen MR) is 81.9 cm³/mol. The average molecular weight is 300 g/mol. The molecule has 2 aromatic rings. The van der Waals surface area contributed by atoms with Gasteiger partial charge in [-0.1, -0.05) is 12.1 Å². The van der Waals surface area contributed by atoms with E-state index < -0.39 is 4.92 Å². The summed E-state index contributed by atoms with van der Waals surface area (Å²) in [7, 11) is 0. The third-order valence-electron chi connectivity index (χ3n) is 2.98. The molecule has 0 heterocycles. The van der Waals surface area contributed by atoms with Gasteiger partial charge in [-0.2, -0.15) is 0 Å². The Hall–Kier alpha value is -2.89. The molecule has 0 fully saturated rings. The lowest BCUT2D eigenvalue weighted by molar-refractivity contribution is -0.384. The standard InChI is InChI=1S/C16H16N2O4/c1-2-17-16(19)13-6-8-15(9-7-13)22-11-12-4-3-5-14(10-12)18(20)21/h3-10H,2,11H2,1H3,(H,17,19). The molecule has 0 spiro atoms. The van der Waals surface area contributed by atoms with Crippen LogP contribution in [0.2, 0.25) is 0 Å². The summed E-state index contributed by atoms with van der Waals surface area (Å²) in [5.41, 5.74) is 1.30. The number of carbonyl (C=O) groups excluding carboxylic acids is 1. The van der Waals surface area contributed by atoms with Gasteiger partial charge in [0.15, 0.2) is 0 Å². The highest BCUT2D eigenvalue weighted by Gasteiger charge is 2.07. The van der Waals surface area contributed by atoms with Gasteiger partial charge in [-0.3, -0.25) is 14.9 Å². The van der Waals surface area contributed by atoms with E-state index in [1.165, 1.54) is 12.1 Å². The van der Waals surface area contributed by atoms with Gasteiger partial charge in [-0.25, -0.2) is 0 Å². The van der Waals surface area contributed by atoms with Gasteiger partial charge in [-0.15, -0.1) is 0 Å². The second-order valence-corrected chi connectivity index (χ2v) is 4.60. The summed E-state index contributed by atoms with van der Waals surface area (Å²) < 4.78 is 5.57. The van der Waals surface area contributed by atoms with Crippen LogP contribution in [0.15, 0.2) is 48.5 Å². The third kappa shape index (κ3) is 4.05. The molecule has 6 heteroatoms. The molecular weight excluding hydrogens is 284 g/mol. The number of benzene rings is 2. The Morgan fingerprint density at radius 1 is 1.23 bits per heavy atom. The molecule has 0 saturated carbocycles. The number of hydrogen-bond acceptors (Lipinski definition) is 4. The summed E-state index contributed by atoms with van der Waals surface area (Å²) in [6.45, 7) is 2.65. The predicted octanol–water partition coefficient (Wildman–Crippen LogP) is 2.92. The third-order valence-corrected chi connectivity index (χ3v) is 2.98. The van der Waals surface area contributed by atoms with Crippen molar-refractivity contribution < 1.29 is 14.5 Å². The van der Waals surface area contributed by atoms with Gasteiger partial charge >= 0.3 is 0 Å². The van der Waals surface area contributed by atoms with Gasteiger partial charge in [0.1, 0.15) is 12.4 Å². The highest BCUT2D eigenvalue weighted by Crippen LogP contribution is 2.17. The number of non-ortho nitro benzene ring substituents is 1. The van der Waals surface area contributed by atoms with Crippen molar-refractivity contribution in [3.63, 3.8) is 0 Å². The van der Waals surface area contributed by atoms with E-state index in [0.29, 0.717) is 23.4 Å². The SMILES string of the molecule is CCNC(=O)c1ccc(OCc2cccc([N+](=O)[O-])c2)cc1. The van der Waals surface area contributed by atoms with E-state index in [4.69, 9.17) is 4.74 Å². The maximum Gasteiger partial charge on any atom is 0.269 e. The molecule has 0 aliphatic carbocycles. The van der Waals surface area contributed by atoms with Crippen molar-refractivity contribution in [2.24, 2.45) is 0 Å². The van der Waals surface area contributed by atoms with E-state index in [2.05, 4.69) is 5.32 Å². The minimum atomic E-state index is -0.440. The molecule has 2 rings (SSSR count). The second-order valence-electron chi connectivity index (χ2n) is 4.60. The van der Waals surface area contributed by atoms with E-state index in [1.54, 1.807) is 36.4 Å². The molecule has 22 heavy (non-hydrogen) atoms. The monoisotopic (exact) mass is 300 g/mol. The zero-order valence-electron chi connectivity index (χ0n) is 12.1. The van der Waals surface area contributed by atoms with Gasteiger partial charge in [0.05, 0.1) is 4.92 Å². The molecule has 6 nitrogen and oxygen atoms in total. The van der Waals surface area contributed by atoms with Crippen LogP contribution in [0.1, 0.15) is 22.8 Å². The van der Waals surface area contributed by atoms with Crippen LogP contribution in [0, 0.1) is 10.1 Å². The lowest BCUT2D eigenvalue weighted by atomic mass is 10.2. The van der Waals surface area contributed by atoms with E-state index in [1.807, 2.05) is 6.92 Å². The molecule has 1 amide bonds. The molecule has 0 bridgehead atoms. The fraction of sp³-hybridized carbons (Fsp3) is 0.188. The Bertz CT molecular complexity index is 668. The van der Waals surface area contributed by atoms with Crippen molar-refractivity contribution in [1.82, 2.24) is 5.32 Å². The van der Waals surface area contributed by atoms with Gasteiger partial charge in [0, 0.05) is 24.2 Å². The molecule has 1 N–H and O–H groups in total. The molecule has 0 unspecified atom stereocenters. The number of ether oxygens (including phenoxy) is 1. The fourth-order valence-corrected chi connectivity index (χ4v) is 1.89. The van der Waals surface area contributed by atoms with Crippen LogP contribution < -0.4 is 10.1 Å². The lowest BCUT2D eigenvalue weighted by Crippen LogP contribution is -2.22. The first kappa shape index (κ1) is 15.5. The van der Waals surface area contributed by atoms with E-state index in [9.17, 15) is 14.9 Å². The average Bonchev–Trinajstić information content (AvgIpc) is 2.54. The van der Waals surface area contributed by atoms with E-state index in [0.717, 1.165) is 0 Å². The molecular formula is C16H16N2O4. The number of rotatable bonds is 6. The first-order valence-electron chi connectivity index (χ1n) is 6.84. The van der Waals surface area contributed by atoms with Crippen LogP contribution in [-0.4, -0.2) is 17.4 Å². The van der Waals surface area contributed by atoms with Crippen LogP contribution in [0.5, 0.6) is 5.75 Å². The number of hydrogen-bond donors (Lipinski definition) is 1. The molecule has 2 aromatic carbocycles. The van der Waals surface area contributed by atoms with Crippen LogP contribution in [0.4, 0.5) is 5.69 Å². The number of nitrogens with one attached hydrogen (secondary N) is 1. The van der Waals surface area contributed by atoms with E-state index in [-0.39, 0.29) is 18.2 Å². The number of nitro groups is 1. The van der Waals surface area contributed by atoms with Crippen molar-refractivity contribution in [1.29, 1.82) is 0 Å². The Morgan fingerprint density at radius 3 is 2.59 bits per heavy atom. The van der Waals surface area contributed by atoms with Crippen molar-refractivity contribution in [3.8, 4) is 5.75 Å². The zero-order valence-corrected chi connectivity index (χ0v) is 12.1. The molecule has 0 aliphatic heterocycles. The van der Waals surface area contributed by atoms with Crippen LogP contribution in [0.3, 0.4) is 0 Å². The molecule has 0 atom stereocenters. The molecule has 114 valence electrons. The van der Waals surface area contributed by atoms with Crippen LogP contribution in [-0.2, 0) is 6.61 Å². The zero-order chi connectivity index (χ0) is 15.9. The molecule has 0 aromatic heterocycles. The smallest absolute Gasteiger partial charge is 0.269 e. The fourth-order valence-electron chi connectivity index (χ4n) is 1.89. The number of amides is 1. The van der Waals surface area contributed by atoms with Crippen molar-refractivity contribution in [3.05, 3.63) is 69.8 Å². The summed E-state index contributed by atoms with van der Waals surface area (Å²) in [6.07, 6.45) is 0. The second kappa shape index (κ2) is 7.21. The first-order valence-corrected chi connectivity index (χ1v) is 6.84.